The van der Waals surface area contributed by atoms with Crippen LogP contribution in [0.1, 0.15) is 36.3 Å². The molecule has 1 aliphatic rings. The second-order valence-corrected chi connectivity index (χ2v) is 6.98. The van der Waals surface area contributed by atoms with E-state index in [0.29, 0.717) is 48.7 Å². The number of carbonyl (C=O) groups excluding carboxylic acids is 2. The lowest BCUT2D eigenvalue weighted by molar-refractivity contribution is -0.127. The van der Waals surface area contributed by atoms with E-state index in [4.69, 9.17) is 4.74 Å². The van der Waals surface area contributed by atoms with Crippen LogP contribution in [0.5, 0.6) is 0 Å². The van der Waals surface area contributed by atoms with E-state index in [1.165, 1.54) is 6.08 Å². The van der Waals surface area contributed by atoms with E-state index in [1.807, 2.05) is 13.8 Å². The maximum absolute atomic E-state index is 12.3. The maximum atomic E-state index is 12.3. The molecule has 1 aliphatic heterocycles. The van der Waals surface area contributed by atoms with Crippen molar-refractivity contribution in [3.8, 4) is 0 Å². The molecule has 1 fully saturated rings. The van der Waals surface area contributed by atoms with Gasteiger partial charge in [0, 0.05) is 31.8 Å². The van der Waals surface area contributed by atoms with Gasteiger partial charge in [-0.05, 0) is 31.9 Å². The third kappa shape index (κ3) is 4.22. The molecule has 2 aromatic rings. The molecule has 0 bridgehead atoms. The van der Waals surface area contributed by atoms with Gasteiger partial charge in [-0.15, -0.1) is 0 Å². The molecular formula is C21H27N5O3. The fraction of sp³-hybridized carbons (Fsp3) is 0.429. The van der Waals surface area contributed by atoms with Crippen molar-refractivity contribution in [2.75, 3.05) is 26.3 Å². The van der Waals surface area contributed by atoms with Crippen molar-refractivity contribution in [3.05, 3.63) is 42.9 Å². The lowest BCUT2D eigenvalue weighted by Crippen LogP contribution is -2.37. The van der Waals surface area contributed by atoms with Crippen LogP contribution in [0.3, 0.4) is 0 Å². The number of nitrogens with zero attached hydrogens (tertiary/aromatic N) is 3. The van der Waals surface area contributed by atoms with Crippen molar-refractivity contribution in [1.82, 2.24) is 25.2 Å². The van der Waals surface area contributed by atoms with Crippen LogP contribution in [0.15, 0.2) is 31.6 Å². The molecule has 154 valence electrons. The maximum Gasteiger partial charge on any atom is 0.255 e. The highest BCUT2D eigenvalue weighted by molar-refractivity contribution is 6.04. The molecular weight excluding hydrogens is 370 g/mol. The number of H-pyrrole nitrogens is 1. The number of carbonyl (C=O) groups is 2. The number of aromatic nitrogens is 3. The number of likely N-dealkylation sites (tertiary alicyclic amines) is 1. The summed E-state index contributed by atoms with van der Waals surface area (Å²) in [5.74, 6) is -0.283. The molecule has 8 heteroatoms. The molecule has 0 saturated carbocycles. The minimum absolute atomic E-state index is 0.0305. The molecule has 2 atom stereocenters. The van der Waals surface area contributed by atoms with E-state index in [-0.39, 0.29) is 23.8 Å². The Labute approximate surface area is 170 Å². The molecule has 1 saturated heterocycles. The highest BCUT2D eigenvalue weighted by Crippen LogP contribution is 2.33. The molecule has 1 unspecified atom stereocenters. The van der Waals surface area contributed by atoms with Gasteiger partial charge in [0.1, 0.15) is 5.52 Å². The monoisotopic (exact) mass is 397 g/mol. The summed E-state index contributed by atoms with van der Waals surface area (Å²) in [5.41, 5.74) is 2.93. The van der Waals surface area contributed by atoms with Crippen molar-refractivity contribution >= 4 is 28.6 Å². The van der Waals surface area contributed by atoms with Crippen LogP contribution in [-0.2, 0) is 9.53 Å². The second-order valence-electron chi connectivity index (χ2n) is 6.98. The Bertz CT molecular complexity index is 936. The third-order valence-corrected chi connectivity index (χ3v) is 5.17. The van der Waals surface area contributed by atoms with Gasteiger partial charge in [-0.25, -0.2) is 9.97 Å². The fourth-order valence-corrected chi connectivity index (χ4v) is 3.65. The van der Waals surface area contributed by atoms with Gasteiger partial charge in [-0.1, -0.05) is 13.2 Å². The van der Waals surface area contributed by atoms with Crippen molar-refractivity contribution in [2.24, 2.45) is 5.92 Å². The summed E-state index contributed by atoms with van der Waals surface area (Å²) < 4.78 is 5.55. The molecule has 2 aromatic heterocycles. The normalized spacial score (nSPS) is 18.8. The van der Waals surface area contributed by atoms with Gasteiger partial charge in [0.15, 0.2) is 5.65 Å². The predicted octanol–water partition coefficient (Wildman–Crippen LogP) is 2.16. The smallest absolute Gasteiger partial charge is 0.255 e. The summed E-state index contributed by atoms with van der Waals surface area (Å²) in [4.78, 5) is 38.3. The Morgan fingerprint density at radius 1 is 1.45 bits per heavy atom. The highest BCUT2D eigenvalue weighted by atomic mass is 16.5. The summed E-state index contributed by atoms with van der Waals surface area (Å²) in [6.45, 7) is 13.7. The summed E-state index contributed by atoms with van der Waals surface area (Å²) >= 11 is 0. The molecule has 0 aromatic carbocycles. The van der Waals surface area contributed by atoms with Crippen LogP contribution < -0.4 is 5.32 Å². The van der Waals surface area contributed by atoms with Gasteiger partial charge in [-0.2, -0.15) is 0 Å². The van der Waals surface area contributed by atoms with Crippen LogP contribution in [0.25, 0.3) is 16.7 Å². The Hall–Kier alpha value is -3.00. The molecule has 8 nitrogen and oxygen atoms in total. The van der Waals surface area contributed by atoms with Gasteiger partial charge in [0.2, 0.25) is 5.91 Å². The van der Waals surface area contributed by atoms with Crippen LogP contribution in [0.2, 0.25) is 0 Å². The average molecular weight is 397 g/mol. The Morgan fingerprint density at radius 3 is 2.93 bits per heavy atom. The number of nitrogens with one attached hydrogen (secondary N) is 2. The zero-order valence-electron chi connectivity index (χ0n) is 16.9. The number of fused-ring (bicyclic) bond motifs is 1. The van der Waals surface area contributed by atoms with Crippen molar-refractivity contribution in [2.45, 2.75) is 26.3 Å². The van der Waals surface area contributed by atoms with Crippen LogP contribution >= 0.6 is 0 Å². The zero-order valence-corrected chi connectivity index (χ0v) is 16.9. The van der Waals surface area contributed by atoms with E-state index in [9.17, 15) is 9.59 Å². The Morgan fingerprint density at radius 2 is 2.24 bits per heavy atom. The molecule has 2 N–H and O–H groups in total. The van der Waals surface area contributed by atoms with E-state index in [0.717, 1.165) is 12.0 Å². The first-order chi connectivity index (χ1) is 14.0. The van der Waals surface area contributed by atoms with Gasteiger partial charge >= 0.3 is 0 Å². The lowest BCUT2D eigenvalue weighted by atomic mass is 9.95. The SMILES string of the molecule is C=CC(=O)N1CC(C(=C)c2cnc3[nH]cc(C(=O)NCC)c3n2)C[C@H]1COCC. The lowest BCUT2D eigenvalue weighted by Gasteiger charge is -2.22. The molecule has 2 amide bonds. The predicted molar refractivity (Wildman–Crippen MR) is 111 cm³/mol. The van der Waals surface area contributed by atoms with Gasteiger partial charge in [0.05, 0.1) is 30.1 Å². The second kappa shape index (κ2) is 9.00. The van der Waals surface area contributed by atoms with Crippen LogP contribution in [-0.4, -0.2) is 64.0 Å². The number of hydrogen-bond donors (Lipinski definition) is 2. The van der Waals surface area contributed by atoms with Gasteiger partial charge in [-0.3, -0.25) is 9.59 Å². The van der Waals surface area contributed by atoms with Crippen molar-refractivity contribution in [1.29, 1.82) is 0 Å². The fourth-order valence-electron chi connectivity index (χ4n) is 3.65. The minimum atomic E-state index is -0.198. The first-order valence-electron chi connectivity index (χ1n) is 9.82. The standard InChI is InChI=1S/C21H27N5O3/c1-5-18(27)26-11-14(8-15(26)12-29-7-3)13(4)17-10-24-20-19(25-17)16(9-23-20)21(28)22-6-2/h5,9-10,14-15H,1,4,6-8,11-12H2,2-3H3,(H,22,28)(H,23,24)/t14?,15-/m0/s1. The largest absolute Gasteiger partial charge is 0.380 e. The van der Waals surface area contributed by atoms with Crippen LogP contribution in [0.4, 0.5) is 0 Å². The molecule has 0 spiro atoms. The first kappa shape index (κ1) is 20.7. The van der Waals surface area contributed by atoms with Crippen molar-refractivity contribution < 1.29 is 14.3 Å². The number of amides is 2. The summed E-state index contributed by atoms with van der Waals surface area (Å²) in [5, 5.41) is 2.78. The van der Waals surface area contributed by atoms with E-state index in [2.05, 4.69) is 33.4 Å². The van der Waals surface area contributed by atoms with Gasteiger partial charge < -0.3 is 19.9 Å². The number of ether oxygens (including phenoxy) is 1. The number of aromatic amines is 1. The minimum Gasteiger partial charge on any atom is -0.380 e. The highest BCUT2D eigenvalue weighted by Gasteiger charge is 2.36. The quantitative estimate of drug-likeness (QED) is 0.665. The van der Waals surface area contributed by atoms with Crippen molar-refractivity contribution in [3.63, 3.8) is 0 Å². The molecule has 0 aliphatic carbocycles. The van der Waals surface area contributed by atoms with Crippen LogP contribution in [0, 0.1) is 5.92 Å². The number of hydrogen-bond acceptors (Lipinski definition) is 5. The van der Waals surface area contributed by atoms with E-state index >= 15 is 0 Å². The summed E-state index contributed by atoms with van der Waals surface area (Å²) in [6.07, 6.45) is 5.32. The van der Waals surface area contributed by atoms with E-state index in [1.54, 1.807) is 17.3 Å². The Balaban J connectivity index is 1.84. The number of rotatable bonds is 8. The zero-order chi connectivity index (χ0) is 21.0. The molecule has 0 radical (unpaired) electrons. The Kier molecular flexibility index (Phi) is 6.43. The third-order valence-electron chi connectivity index (χ3n) is 5.17. The molecule has 3 heterocycles. The molecule has 3 rings (SSSR count). The van der Waals surface area contributed by atoms with Gasteiger partial charge in [0.25, 0.3) is 5.91 Å². The topological polar surface area (TPSA) is 100 Å². The first-order valence-corrected chi connectivity index (χ1v) is 9.82. The summed E-state index contributed by atoms with van der Waals surface area (Å²) in [6, 6.07) is -0.0305. The average Bonchev–Trinajstić information content (AvgIpc) is 3.35. The van der Waals surface area contributed by atoms with E-state index < -0.39 is 0 Å². The summed E-state index contributed by atoms with van der Waals surface area (Å²) in [7, 11) is 0. The molecule has 29 heavy (non-hydrogen) atoms.